The number of halogens is 2. The normalized spacial score (nSPS) is 26.3. The standard InChI is InChI=1S/C22H31ClFN3O3S/c23-20-15-19(9-10-21(20)24)31(29,30)25-17-7-5-16(6-8-17)22(28)27-13-11-26(12-14-27)18-3-1-2-4-18/h9-10,15-18,25H,1-8,11-14H2. The summed E-state index contributed by atoms with van der Waals surface area (Å²) in [5, 5.41) is -0.217. The molecule has 1 heterocycles. The average Bonchev–Trinajstić information content (AvgIpc) is 3.30. The third-order valence-corrected chi connectivity index (χ3v) is 8.87. The van der Waals surface area contributed by atoms with Crippen molar-refractivity contribution in [1.29, 1.82) is 0 Å². The highest BCUT2D eigenvalue weighted by Crippen LogP contribution is 2.29. The maximum Gasteiger partial charge on any atom is 0.240 e. The second-order valence-corrected chi connectivity index (χ2v) is 11.2. The second kappa shape index (κ2) is 9.73. The van der Waals surface area contributed by atoms with Crippen LogP contribution in [-0.2, 0) is 14.8 Å². The molecule has 0 unspecified atom stereocenters. The van der Waals surface area contributed by atoms with Gasteiger partial charge in [0.2, 0.25) is 15.9 Å². The molecule has 172 valence electrons. The van der Waals surface area contributed by atoms with Gasteiger partial charge in [-0.05, 0) is 56.7 Å². The third kappa shape index (κ3) is 5.41. The van der Waals surface area contributed by atoms with Gasteiger partial charge in [0.05, 0.1) is 9.92 Å². The van der Waals surface area contributed by atoms with Gasteiger partial charge in [0.1, 0.15) is 5.82 Å². The van der Waals surface area contributed by atoms with Crippen molar-refractivity contribution in [2.24, 2.45) is 5.92 Å². The molecule has 31 heavy (non-hydrogen) atoms. The van der Waals surface area contributed by atoms with Crippen LogP contribution < -0.4 is 4.72 Å². The lowest BCUT2D eigenvalue weighted by Crippen LogP contribution is -2.53. The van der Waals surface area contributed by atoms with Crippen LogP contribution in [0.4, 0.5) is 4.39 Å². The molecule has 0 atom stereocenters. The van der Waals surface area contributed by atoms with Crippen molar-refractivity contribution >= 4 is 27.5 Å². The Morgan fingerprint density at radius 1 is 1.00 bits per heavy atom. The lowest BCUT2D eigenvalue weighted by Gasteiger charge is -2.40. The molecule has 1 aliphatic heterocycles. The molecule has 1 saturated heterocycles. The molecule has 1 aromatic carbocycles. The first kappa shape index (κ1) is 23.0. The molecule has 1 amide bonds. The van der Waals surface area contributed by atoms with Gasteiger partial charge in [0.15, 0.2) is 0 Å². The van der Waals surface area contributed by atoms with E-state index in [1.165, 1.54) is 31.7 Å². The van der Waals surface area contributed by atoms with Crippen molar-refractivity contribution < 1.29 is 17.6 Å². The Morgan fingerprint density at radius 3 is 2.26 bits per heavy atom. The highest BCUT2D eigenvalue weighted by Gasteiger charge is 2.34. The second-order valence-electron chi connectivity index (χ2n) is 9.05. The Hall–Kier alpha value is -1.22. The van der Waals surface area contributed by atoms with Crippen LogP contribution in [0.15, 0.2) is 23.1 Å². The van der Waals surface area contributed by atoms with E-state index < -0.39 is 15.8 Å². The minimum absolute atomic E-state index is 0.0287. The number of sulfonamides is 1. The van der Waals surface area contributed by atoms with Gasteiger partial charge in [-0.25, -0.2) is 17.5 Å². The number of rotatable bonds is 5. The zero-order chi connectivity index (χ0) is 22.0. The summed E-state index contributed by atoms with van der Waals surface area (Å²) < 4.78 is 41.2. The molecule has 0 radical (unpaired) electrons. The zero-order valence-electron chi connectivity index (χ0n) is 17.7. The van der Waals surface area contributed by atoms with E-state index in [-0.39, 0.29) is 27.8 Å². The molecule has 2 saturated carbocycles. The SMILES string of the molecule is O=C(C1CCC(NS(=O)(=O)c2ccc(F)c(Cl)c2)CC1)N1CCN(C2CCCC2)CC1. The summed E-state index contributed by atoms with van der Waals surface area (Å²) in [6.07, 6.45) is 7.82. The van der Waals surface area contributed by atoms with E-state index >= 15 is 0 Å². The van der Waals surface area contributed by atoms with Gasteiger partial charge in [-0.3, -0.25) is 9.69 Å². The average molecular weight is 472 g/mol. The quantitative estimate of drug-likeness (QED) is 0.714. The maximum atomic E-state index is 13.3. The minimum atomic E-state index is -3.77. The molecular formula is C22H31ClFN3O3S. The largest absolute Gasteiger partial charge is 0.340 e. The van der Waals surface area contributed by atoms with Gasteiger partial charge in [-0.1, -0.05) is 24.4 Å². The highest BCUT2D eigenvalue weighted by atomic mass is 35.5. The van der Waals surface area contributed by atoms with E-state index in [4.69, 9.17) is 11.6 Å². The molecule has 0 bridgehead atoms. The molecule has 6 nitrogen and oxygen atoms in total. The molecule has 9 heteroatoms. The Bertz CT molecular complexity index is 891. The lowest BCUT2D eigenvalue weighted by molar-refractivity contribution is -0.138. The molecule has 4 rings (SSSR count). The van der Waals surface area contributed by atoms with Gasteiger partial charge in [0.25, 0.3) is 0 Å². The number of hydrogen-bond acceptors (Lipinski definition) is 4. The van der Waals surface area contributed by atoms with Gasteiger partial charge < -0.3 is 4.90 Å². The number of carbonyl (C=O) groups is 1. The van der Waals surface area contributed by atoms with Crippen molar-refractivity contribution in [3.63, 3.8) is 0 Å². The van der Waals surface area contributed by atoms with Crippen LogP contribution in [0.3, 0.4) is 0 Å². The molecule has 1 aromatic rings. The molecule has 1 N–H and O–H groups in total. The summed E-state index contributed by atoms with van der Waals surface area (Å²) in [6, 6.07) is 3.87. The fourth-order valence-corrected chi connectivity index (χ4v) is 6.80. The number of hydrogen-bond donors (Lipinski definition) is 1. The van der Waals surface area contributed by atoms with Gasteiger partial charge in [-0.2, -0.15) is 0 Å². The van der Waals surface area contributed by atoms with E-state index in [0.717, 1.165) is 38.3 Å². The van der Waals surface area contributed by atoms with Crippen molar-refractivity contribution in [1.82, 2.24) is 14.5 Å². The molecule has 3 aliphatic rings. The summed E-state index contributed by atoms with van der Waals surface area (Å²) >= 11 is 5.72. The van der Waals surface area contributed by atoms with Crippen molar-refractivity contribution in [2.75, 3.05) is 26.2 Å². The van der Waals surface area contributed by atoms with Crippen LogP contribution in [0.1, 0.15) is 51.4 Å². The van der Waals surface area contributed by atoms with E-state index in [2.05, 4.69) is 9.62 Å². The first-order valence-electron chi connectivity index (χ1n) is 11.3. The van der Waals surface area contributed by atoms with Gasteiger partial charge >= 0.3 is 0 Å². The van der Waals surface area contributed by atoms with Crippen LogP contribution in [0.2, 0.25) is 5.02 Å². The molecule has 3 fully saturated rings. The van der Waals surface area contributed by atoms with Crippen LogP contribution in [0.5, 0.6) is 0 Å². The Balaban J connectivity index is 1.25. The van der Waals surface area contributed by atoms with Crippen molar-refractivity contribution in [3.8, 4) is 0 Å². The zero-order valence-corrected chi connectivity index (χ0v) is 19.3. The van der Waals surface area contributed by atoms with E-state index in [0.29, 0.717) is 31.7 Å². The number of carbonyl (C=O) groups excluding carboxylic acids is 1. The number of nitrogens with zero attached hydrogens (tertiary/aromatic N) is 2. The number of piperazine rings is 1. The van der Waals surface area contributed by atoms with Crippen LogP contribution in [0, 0.1) is 11.7 Å². The Labute approximate surface area is 189 Å². The van der Waals surface area contributed by atoms with Gasteiger partial charge in [-0.15, -0.1) is 0 Å². The summed E-state index contributed by atoms with van der Waals surface area (Å²) in [7, 11) is -3.77. The van der Waals surface area contributed by atoms with Crippen LogP contribution in [0.25, 0.3) is 0 Å². The van der Waals surface area contributed by atoms with Crippen LogP contribution >= 0.6 is 11.6 Å². The number of benzene rings is 1. The smallest absolute Gasteiger partial charge is 0.240 e. The molecular weight excluding hydrogens is 441 g/mol. The molecule has 0 spiro atoms. The lowest BCUT2D eigenvalue weighted by atomic mass is 9.85. The highest BCUT2D eigenvalue weighted by molar-refractivity contribution is 7.89. The predicted molar refractivity (Wildman–Crippen MR) is 118 cm³/mol. The molecule has 0 aromatic heterocycles. The van der Waals surface area contributed by atoms with E-state index in [9.17, 15) is 17.6 Å². The molecule has 2 aliphatic carbocycles. The topological polar surface area (TPSA) is 69.7 Å². The van der Waals surface area contributed by atoms with Crippen LogP contribution in [-0.4, -0.2) is 62.4 Å². The summed E-state index contributed by atoms with van der Waals surface area (Å²) in [5.74, 6) is -0.458. The number of nitrogens with one attached hydrogen (secondary N) is 1. The van der Waals surface area contributed by atoms with Gasteiger partial charge in [0, 0.05) is 44.2 Å². The van der Waals surface area contributed by atoms with Crippen molar-refractivity contribution in [3.05, 3.63) is 29.0 Å². The van der Waals surface area contributed by atoms with Crippen molar-refractivity contribution in [2.45, 2.75) is 68.3 Å². The summed E-state index contributed by atoms with van der Waals surface area (Å²) in [5.41, 5.74) is 0. The Morgan fingerprint density at radius 2 is 1.65 bits per heavy atom. The fourth-order valence-electron chi connectivity index (χ4n) is 5.22. The van der Waals surface area contributed by atoms with E-state index in [1.807, 2.05) is 4.90 Å². The fraction of sp³-hybridized carbons (Fsp3) is 0.682. The van der Waals surface area contributed by atoms with E-state index in [1.54, 1.807) is 0 Å². The maximum absolute atomic E-state index is 13.3. The minimum Gasteiger partial charge on any atom is -0.340 e. The third-order valence-electron chi connectivity index (χ3n) is 7.07. The first-order valence-corrected chi connectivity index (χ1v) is 13.2. The summed E-state index contributed by atoms with van der Waals surface area (Å²) in [4.78, 5) is 17.5. The Kier molecular flexibility index (Phi) is 7.20. The predicted octanol–water partition coefficient (Wildman–Crippen LogP) is 3.40. The summed E-state index contributed by atoms with van der Waals surface area (Å²) in [6.45, 7) is 3.53. The monoisotopic (exact) mass is 471 g/mol. The number of amides is 1. The first-order chi connectivity index (χ1) is 14.8.